The predicted molar refractivity (Wildman–Crippen MR) is 106 cm³/mol. The average Bonchev–Trinajstić information content (AvgIpc) is 2.70. The largest absolute Gasteiger partial charge is 0.493 e. The zero-order chi connectivity index (χ0) is 18.9. The second-order valence-electron chi connectivity index (χ2n) is 6.85. The van der Waals surface area contributed by atoms with Crippen LogP contribution in [0.15, 0.2) is 48.5 Å². The Labute approximate surface area is 161 Å². The zero-order valence-electron chi connectivity index (χ0n) is 15.9. The van der Waals surface area contributed by atoms with Crippen molar-refractivity contribution in [3.05, 3.63) is 65.2 Å². The lowest BCUT2D eigenvalue weighted by atomic mass is 10.1. The number of hydrogen-bond donors (Lipinski definition) is 1. The van der Waals surface area contributed by atoms with Crippen LogP contribution in [0.3, 0.4) is 0 Å². The van der Waals surface area contributed by atoms with Gasteiger partial charge in [0.1, 0.15) is 5.75 Å². The van der Waals surface area contributed by atoms with Crippen molar-refractivity contribution < 1.29 is 14.3 Å². The number of rotatable bonds is 8. The fraction of sp³-hybridized carbons (Fsp3) is 0.409. The van der Waals surface area contributed by atoms with E-state index in [2.05, 4.69) is 28.4 Å². The maximum Gasteiger partial charge on any atom is 0.223 e. The Morgan fingerprint density at radius 2 is 1.78 bits per heavy atom. The van der Waals surface area contributed by atoms with Crippen LogP contribution in [0.5, 0.6) is 5.75 Å². The highest BCUT2D eigenvalue weighted by atomic mass is 16.5. The molecule has 0 aromatic heterocycles. The lowest BCUT2D eigenvalue weighted by Crippen LogP contribution is -2.36. The predicted octanol–water partition coefficient (Wildman–Crippen LogP) is 2.91. The van der Waals surface area contributed by atoms with Crippen LogP contribution in [-0.4, -0.2) is 43.7 Å². The van der Waals surface area contributed by atoms with Crippen LogP contribution in [0, 0.1) is 6.92 Å². The van der Waals surface area contributed by atoms with Gasteiger partial charge in [-0.15, -0.1) is 0 Å². The minimum atomic E-state index is 0.00304. The first-order chi connectivity index (χ1) is 13.2. The second-order valence-corrected chi connectivity index (χ2v) is 6.85. The number of carbonyl (C=O) groups excluding carboxylic acids is 1. The molecule has 1 amide bonds. The summed E-state index contributed by atoms with van der Waals surface area (Å²) in [6.07, 6.45) is 0.347. The van der Waals surface area contributed by atoms with Crippen molar-refractivity contribution in [2.24, 2.45) is 0 Å². The Bertz CT molecular complexity index is 725. The molecule has 0 saturated carbocycles. The van der Waals surface area contributed by atoms with Gasteiger partial charge in [-0.3, -0.25) is 9.69 Å². The van der Waals surface area contributed by atoms with Crippen molar-refractivity contribution in [2.75, 3.05) is 32.9 Å². The molecule has 0 radical (unpaired) electrons. The Balaban J connectivity index is 1.43. The van der Waals surface area contributed by atoms with Crippen LogP contribution in [0.1, 0.15) is 23.1 Å². The van der Waals surface area contributed by atoms with E-state index in [4.69, 9.17) is 9.47 Å². The molecule has 27 heavy (non-hydrogen) atoms. The summed E-state index contributed by atoms with van der Waals surface area (Å²) in [7, 11) is 0. The molecule has 0 spiro atoms. The molecule has 1 N–H and O–H groups in total. The van der Waals surface area contributed by atoms with E-state index in [1.54, 1.807) is 0 Å². The standard InChI is InChI=1S/C22H28N2O3/c1-18-6-8-21(9-7-18)27-13-10-22(25)23-16-19-4-2-3-5-20(19)17-24-11-14-26-15-12-24/h2-9H,10-17H2,1H3,(H,23,25). The molecular formula is C22H28N2O3. The van der Waals surface area contributed by atoms with E-state index >= 15 is 0 Å². The smallest absolute Gasteiger partial charge is 0.223 e. The summed E-state index contributed by atoms with van der Waals surface area (Å²) in [5.41, 5.74) is 3.61. The van der Waals surface area contributed by atoms with Gasteiger partial charge in [0.05, 0.1) is 26.2 Å². The van der Waals surface area contributed by atoms with Crippen LogP contribution in [-0.2, 0) is 22.6 Å². The Morgan fingerprint density at radius 3 is 2.52 bits per heavy atom. The van der Waals surface area contributed by atoms with Gasteiger partial charge in [-0.1, -0.05) is 42.0 Å². The molecule has 1 heterocycles. The van der Waals surface area contributed by atoms with Crippen LogP contribution >= 0.6 is 0 Å². The first kappa shape index (κ1) is 19.4. The third-order valence-corrected chi connectivity index (χ3v) is 4.71. The molecule has 0 aliphatic carbocycles. The molecule has 1 fully saturated rings. The van der Waals surface area contributed by atoms with Crippen molar-refractivity contribution in [2.45, 2.75) is 26.4 Å². The van der Waals surface area contributed by atoms with Crippen LogP contribution < -0.4 is 10.1 Å². The van der Waals surface area contributed by atoms with E-state index in [1.807, 2.05) is 37.3 Å². The molecule has 0 atom stereocenters. The van der Waals surface area contributed by atoms with Crippen molar-refractivity contribution >= 4 is 5.91 Å². The molecule has 1 aliphatic rings. The first-order valence-electron chi connectivity index (χ1n) is 9.54. The van der Waals surface area contributed by atoms with Crippen molar-refractivity contribution in [3.63, 3.8) is 0 Å². The third-order valence-electron chi connectivity index (χ3n) is 4.71. The highest BCUT2D eigenvalue weighted by Gasteiger charge is 2.13. The maximum absolute atomic E-state index is 12.1. The topological polar surface area (TPSA) is 50.8 Å². The molecule has 2 aromatic rings. The monoisotopic (exact) mass is 368 g/mol. The van der Waals surface area contributed by atoms with E-state index in [0.29, 0.717) is 19.6 Å². The summed E-state index contributed by atoms with van der Waals surface area (Å²) in [4.78, 5) is 14.5. The number of nitrogens with one attached hydrogen (secondary N) is 1. The molecule has 5 heteroatoms. The number of amides is 1. The number of hydrogen-bond acceptors (Lipinski definition) is 4. The summed E-state index contributed by atoms with van der Waals surface area (Å²) in [5, 5.41) is 3.01. The van der Waals surface area contributed by atoms with Crippen LogP contribution in [0.2, 0.25) is 0 Å². The Hall–Kier alpha value is -2.37. The van der Waals surface area contributed by atoms with Gasteiger partial charge in [-0.05, 0) is 30.2 Å². The molecule has 2 aromatic carbocycles. The average molecular weight is 368 g/mol. The quantitative estimate of drug-likeness (QED) is 0.778. The van der Waals surface area contributed by atoms with Crippen LogP contribution in [0.25, 0.3) is 0 Å². The molecule has 0 unspecified atom stereocenters. The van der Waals surface area contributed by atoms with Gasteiger partial charge in [0.25, 0.3) is 0 Å². The fourth-order valence-corrected chi connectivity index (χ4v) is 3.06. The summed E-state index contributed by atoms with van der Waals surface area (Å²) in [6.45, 7) is 7.35. The van der Waals surface area contributed by atoms with Gasteiger partial charge in [0.15, 0.2) is 0 Å². The molecule has 0 bridgehead atoms. The molecule has 3 rings (SSSR count). The summed E-state index contributed by atoms with van der Waals surface area (Å²) >= 11 is 0. The van der Waals surface area contributed by atoms with Gasteiger partial charge in [0, 0.05) is 26.2 Å². The van der Waals surface area contributed by atoms with E-state index in [0.717, 1.165) is 44.2 Å². The number of benzene rings is 2. The van der Waals surface area contributed by atoms with E-state index in [-0.39, 0.29) is 5.91 Å². The normalized spacial score (nSPS) is 14.7. The molecule has 5 nitrogen and oxygen atoms in total. The van der Waals surface area contributed by atoms with Crippen LogP contribution in [0.4, 0.5) is 0 Å². The number of ether oxygens (including phenoxy) is 2. The number of nitrogens with zero attached hydrogens (tertiary/aromatic N) is 1. The van der Waals surface area contributed by atoms with Crippen molar-refractivity contribution in [3.8, 4) is 5.75 Å². The highest BCUT2D eigenvalue weighted by Crippen LogP contribution is 2.14. The van der Waals surface area contributed by atoms with Crippen molar-refractivity contribution in [1.29, 1.82) is 0 Å². The number of aryl methyl sites for hydroxylation is 1. The SMILES string of the molecule is Cc1ccc(OCCC(=O)NCc2ccccc2CN2CCOCC2)cc1. The molecule has 1 saturated heterocycles. The lowest BCUT2D eigenvalue weighted by molar-refractivity contribution is -0.121. The molecule has 144 valence electrons. The highest BCUT2D eigenvalue weighted by molar-refractivity contribution is 5.76. The summed E-state index contributed by atoms with van der Waals surface area (Å²) < 4.78 is 11.0. The van der Waals surface area contributed by atoms with E-state index < -0.39 is 0 Å². The second kappa shape index (κ2) is 10.1. The van der Waals surface area contributed by atoms with E-state index in [1.165, 1.54) is 11.1 Å². The zero-order valence-corrected chi connectivity index (χ0v) is 15.9. The van der Waals surface area contributed by atoms with Gasteiger partial charge in [0.2, 0.25) is 5.91 Å². The number of morpholine rings is 1. The third kappa shape index (κ3) is 6.38. The Kier molecular flexibility index (Phi) is 7.25. The van der Waals surface area contributed by atoms with Gasteiger partial charge >= 0.3 is 0 Å². The minimum Gasteiger partial charge on any atom is -0.493 e. The van der Waals surface area contributed by atoms with Gasteiger partial charge < -0.3 is 14.8 Å². The summed E-state index contributed by atoms with van der Waals surface area (Å²) in [6, 6.07) is 16.1. The number of carbonyl (C=O) groups is 1. The minimum absolute atomic E-state index is 0.00304. The van der Waals surface area contributed by atoms with Gasteiger partial charge in [-0.25, -0.2) is 0 Å². The van der Waals surface area contributed by atoms with Crippen molar-refractivity contribution in [1.82, 2.24) is 10.2 Å². The first-order valence-corrected chi connectivity index (χ1v) is 9.54. The lowest BCUT2D eigenvalue weighted by Gasteiger charge is -2.27. The summed E-state index contributed by atoms with van der Waals surface area (Å²) in [5.74, 6) is 0.799. The van der Waals surface area contributed by atoms with E-state index in [9.17, 15) is 4.79 Å². The molecule has 1 aliphatic heterocycles. The van der Waals surface area contributed by atoms with Gasteiger partial charge in [-0.2, -0.15) is 0 Å². The maximum atomic E-state index is 12.1. The molecular weight excluding hydrogens is 340 g/mol. The fourth-order valence-electron chi connectivity index (χ4n) is 3.06. The Morgan fingerprint density at radius 1 is 1.07 bits per heavy atom.